The highest BCUT2D eigenvalue weighted by atomic mass is 16.5. The number of esters is 1. The largest absolute Gasteiger partial charge is 0.490 e. The van der Waals surface area contributed by atoms with Gasteiger partial charge in [-0.25, -0.2) is 4.79 Å². The molecule has 156 valence electrons. The van der Waals surface area contributed by atoms with Crippen molar-refractivity contribution in [2.75, 3.05) is 19.8 Å². The van der Waals surface area contributed by atoms with Gasteiger partial charge in [-0.1, -0.05) is 13.3 Å². The summed E-state index contributed by atoms with van der Waals surface area (Å²) >= 11 is 0. The second kappa shape index (κ2) is 10.9. The number of ether oxygens (including phenoxy) is 3. The van der Waals surface area contributed by atoms with Crippen LogP contribution in [0.2, 0.25) is 0 Å². The maximum Gasteiger partial charge on any atom is 0.338 e. The van der Waals surface area contributed by atoms with Crippen molar-refractivity contribution < 1.29 is 28.6 Å². The molecule has 0 radical (unpaired) electrons. The fourth-order valence-corrected chi connectivity index (χ4v) is 2.49. The van der Waals surface area contributed by atoms with Gasteiger partial charge in [0.15, 0.2) is 18.1 Å². The van der Waals surface area contributed by atoms with Crippen LogP contribution in [0.1, 0.15) is 47.5 Å². The molecule has 2 rings (SSSR count). The third-order valence-electron chi connectivity index (χ3n) is 4.00. The molecule has 0 saturated carbocycles. The Kier molecular flexibility index (Phi) is 8.27. The molecule has 8 heteroatoms. The Morgan fingerprint density at radius 1 is 1.07 bits per heavy atom. The number of hydrogen-bond donors (Lipinski definition) is 1. The molecule has 8 nitrogen and oxygen atoms in total. The highest BCUT2D eigenvalue weighted by molar-refractivity contribution is 6.04. The van der Waals surface area contributed by atoms with E-state index in [4.69, 9.17) is 14.2 Å². The molecule has 29 heavy (non-hydrogen) atoms. The number of aryl methyl sites for hydroxylation is 1. The van der Waals surface area contributed by atoms with Crippen molar-refractivity contribution in [1.29, 1.82) is 0 Å². The molecule has 0 atom stereocenters. The second-order valence-electron chi connectivity index (χ2n) is 6.25. The molecule has 0 saturated heterocycles. The van der Waals surface area contributed by atoms with Gasteiger partial charge < -0.3 is 18.8 Å². The summed E-state index contributed by atoms with van der Waals surface area (Å²) in [6.45, 7) is 4.28. The Labute approximate surface area is 169 Å². The van der Waals surface area contributed by atoms with Gasteiger partial charge in [0.2, 0.25) is 0 Å². The van der Waals surface area contributed by atoms with Gasteiger partial charge in [0.25, 0.3) is 11.8 Å². The van der Waals surface area contributed by atoms with Crippen LogP contribution < -0.4 is 14.8 Å². The number of aromatic nitrogens is 1. The van der Waals surface area contributed by atoms with Crippen LogP contribution >= 0.6 is 0 Å². The van der Waals surface area contributed by atoms with Gasteiger partial charge in [-0.3, -0.25) is 14.9 Å². The van der Waals surface area contributed by atoms with Gasteiger partial charge in [-0.15, -0.1) is 0 Å². The summed E-state index contributed by atoms with van der Waals surface area (Å²) < 4.78 is 17.8. The van der Waals surface area contributed by atoms with Crippen LogP contribution in [-0.2, 0) is 16.6 Å². The van der Waals surface area contributed by atoms with E-state index in [0.29, 0.717) is 30.4 Å². The van der Waals surface area contributed by atoms with E-state index in [1.165, 1.54) is 6.07 Å². The Bertz CT molecular complexity index is 859. The second-order valence-corrected chi connectivity index (χ2v) is 6.25. The number of amides is 2. The maximum absolute atomic E-state index is 12.3. The number of carbonyl (C=O) groups is 3. The number of benzene rings is 1. The third-order valence-corrected chi connectivity index (χ3v) is 4.00. The molecule has 2 amide bonds. The normalized spacial score (nSPS) is 10.3. The number of rotatable bonds is 10. The lowest BCUT2D eigenvalue weighted by molar-refractivity contribution is -0.123. The molecule has 0 spiro atoms. The molecule has 1 heterocycles. The fraction of sp³-hybridized carbons (Fsp3) is 0.381. The standard InChI is InChI=1S/C21H26N2O6/c1-4-6-12-28-17-10-9-15(13-18(17)27-5-2)21(26)29-14-19(24)22-20(25)16-8-7-11-23(16)3/h7-11,13H,4-6,12,14H2,1-3H3,(H,22,24,25). The fourth-order valence-electron chi connectivity index (χ4n) is 2.49. The first-order valence-electron chi connectivity index (χ1n) is 9.48. The minimum absolute atomic E-state index is 0.220. The third kappa shape index (κ3) is 6.38. The van der Waals surface area contributed by atoms with Gasteiger partial charge in [-0.2, -0.15) is 0 Å². The van der Waals surface area contributed by atoms with Gasteiger partial charge in [0, 0.05) is 13.2 Å². The predicted molar refractivity (Wildman–Crippen MR) is 106 cm³/mol. The van der Waals surface area contributed by atoms with E-state index in [-0.39, 0.29) is 5.56 Å². The quantitative estimate of drug-likeness (QED) is 0.485. The summed E-state index contributed by atoms with van der Waals surface area (Å²) in [5, 5.41) is 2.18. The first-order chi connectivity index (χ1) is 14.0. The van der Waals surface area contributed by atoms with Crippen LogP contribution in [0.5, 0.6) is 11.5 Å². The predicted octanol–water partition coefficient (Wildman–Crippen LogP) is 2.72. The summed E-state index contributed by atoms with van der Waals surface area (Å²) in [5.74, 6) is -1.00. The maximum atomic E-state index is 12.3. The van der Waals surface area contributed by atoms with Gasteiger partial charge >= 0.3 is 5.97 Å². The molecule has 0 bridgehead atoms. The topological polar surface area (TPSA) is 95.9 Å². The number of nitrogens with one attached hydrogen (secondary N) is 1. The number of hydrogen-bond acceptors (Lipinski definition) is 6. The smallest absolute Gasteiger partial charge is 0.338 e. The zero-order chi connectivity index (χ0) is 21.2. The van der Waals surface area contributed by atoms with E-state index in [1.54, 1.807) is 42.1 Å². The highest BCUT2D eigenvalue weighted by Crippen LogP contribution is 2.29. The monoisotopic (exact) mass is 402 g/mol. The summed E-state index contributed by atoms with van der Waals surface area (Å²) in [6, 6.07) is 7.95. The van der Waals surface area contributed by atoms with E-state index < -0.39 is 24.4 Å². The van der Waals surface area contributed by atoms with Crippen molar-refractivity contribution in [2.24, 2.45) is 7.05 Å². The molecular weight excluding hydrogens is 376 g/mol. The molecule has 1 N–H and O–H groups in total. The van der Waals surface area contributed by atoms with Crippen LogP contribution in [0, 0.1) is 0 Å². The van der Waals surface area contributed by atoms with Gasteiger partial charge in [-0.05, 0) is 43.7 Å². The summed E-state index contributed by atoms with van der Waals surface area (Å²) in [5.41, 5.74) is 0.544. The summed E-state index contributed by atoms with van der Waals surface area (Å²) in [4.78, 5) is 36.2. The van der Waals surface area contributed by atoms with Crippen molar-refractivity contribution >= 4 is 17.8 Å². The van der Waals surface area contributed by atoms with Crippen LogP contribution in [0.3, 0.4) is 0 Å². The molecule has 1 aromatic carbocycles. The zero-order valence-electron chi connectivity index (χ0n) is 16.9. The van der Waals surface area contributed by atoms with Crippen molar-refractivity contribution in [3.63, 3.8) is 0 Å². The Morgan fingerprint density at radius 2 is 1.86 bits per heavy atom. The SMILES string of the molecule is CCCCOc1ccc(C(=O)OCC(=O)NC(=O)c2cccn2C)cc1OCC. The number of nitrogens with zero attached hydrogens (tertiary/aromatic N) is 1. The van der Waals surface area contributed by atoms with E-state index in [9.17, 15) is 14.4 Å². The van der Waals surface area contributed by atoms with Crippen molar-refractivity contribution in [3.05, 3.63) is 47.8 Å². The van der Waals surface area contributed by atoms with Crippen molar-refractivity contribution in [3.8, 4) is 11.5 Å². The first-order valence-corrected chi connectivity index (χ1v) is 9.48. The van der Waals surface area contributed by atoms with Crippen LogP contribution in [0.15, 0.2) is 36.5 Å². The van der Waals surface area contributed by atoms with E-state index in [0.717, 1.165) is 12.8 Å². The average Bonchev–Trinajstić information content (AvgIpc) is 3.13. The molecule has 0 aliphatic carbocycles. The van der Waals surface area contributed by atoms with Crippen LogP contribution in [0.4, 0.5) is 0 Å². The number of imide groups is 1. The van der Waals surface area contributed by atoms with E-state index >= 15 is 0 Å². The molecule has 1 aromatic heterocycles. The minimum atomic E-state index is -0.714. The Hall–Kier alpha value is -3.29. The number of unbranched alkanes of at least 4 members (excludes halogenated alkanes) is 1. The first kappa shape index (κ1) is 22.0. The van der Waals surface area contributed by atoms with Gasteiger partial charge in [0.05, 0.1) is 18.8 Å². The summed E-state index contributed by atoms with van der Waals surface area (Å²) in [6.07, 6.45) is 3.60. The Morgan fingerprint density at radius 3 is 2.52 bits per heavy atom. The van der Waals surface area contributed by atoms with Crippen molar-refractivity contribution in [2.45, 2.75) is 26.7 Å². The van der Waals surface area contributed by atoms with Crippen molar-refractivity contribution in [1.82, 2.24) is 9.88 Å². The highest BCUT2D eigenvalue weighted by Gasteiger charge is 2.17. The molecular formula is C21H26N2O6. The minimum Gasteiger partial charge on any atom is -0.490 e. The Balaban J connectivity index is 1.93. The van der Waals surface area contributed by atoms with E-state index in [2.05, 4.69) is 12.2 Å². The lowest BCUT2D eigenvalue weighted by Gasteiger charge is -2.13. The van der Waals surface area contributed by atoms with Gasteiger partial charge in [0.1, 0.15) is 5.69 Å². The van der Waals surface area contributed by atoms with Crippen LogP contribution in [0.25, 0.3) is 0 Å². The summed E-state index contributed by atoms with van der Waals surface area (Å²) in [7, 11) is 1.69. The number of carbonyl (C=O) groups excluding carboxylic acids is 3. The molecule has 0 fully saturated rings. The molecule has 0 aliphatic heterocycles. The lowest BCUT2D eigenvalue weighted by atomic mass is 10.2. The van der Waals surface area contributed by atoms with E-state index in [1.807, 2.05) is 6.92 Å². The molecule has 0 unspecified atom stereocenters. The average molecular weight is 402 g/mol. The molecule has 0 aliphatic rings. The van der Waals surface area contributed by atoms with Crippen LogP contribution in [-0.4, -0.2) is 42.2 Å². The lowest BCUT2D eigenvalue weighted by Crippen LogP contribution is -2.35. The molecule has 2 aromatic rings. The zero-order valence-corrected chi connectivity index (χ0v) is 16.9.